The number of esters is 1. The molecule has 8 nitrogen and oxygen atoms in total. The Morgan fingerprint density at radius 2 is 1.78 bits per heavy atom. The molecule has 0 unspecified atom stereocenters. The van der Waals surface area contributed by atoms with Crippen molar-refractivity contribution in [3.05, 3.63) is 116 Å². The predicted molar refractivity (Wildman–Crippen MR) is 144 cm³/mol. The first-order valence-electron chi connectivity index (χ1n) is 10.6. The third-order valence-corrected chi connectivity index (χ3v) is 5.87. The second-order valence-electron chi connectivity index (χ2n) is 7.41. The molecule has 0 saturated heterocycles. The number of rotatable bonds is 7. The largest absolute Gasteiger partial charge is 0.457 e. The Hall–Kier alpha value is -3.92. The molecule has 0 atom stereocenters. The van der Waals surface area contributed by atoms with E-state index in [0.717, 1.165) is 0 Å². The molecule has 0 spiro atoms. The van der Waals surface area contributed by atoms with Gasteiger partial charge in [0, 0.05) is 26.3 Å². The molecular weight excluding hydrogens is 585 g/mol. The quantitative estimate of drug-likeness (QED) is 0.108. The van der Waals surface area contributed by atoms with Crippen molar-refractivity contribution in [3.8, 4) is 5.75 Å². The van der Waals surface area contributed by atoms with E-state index in [-0.39, 0.29) is 27.7 Å². The number of hydrazone groups is 1. The number of nitrogens with zero attached hydrogens (tertiary/aromatic N) is 1. The van der Waals surface area contributed by atoms with Gasteiger partial charge in [-0.25, -0.2) is 10.2 Å². The van der Waals surface area contributed by atoms with E-state index in [0.29, 0.717) is 20.7 Å². The molecule has 0 aliphatic rings. The maximum Gasteiger partial charge on any atom is 0.379 e. The zero-order valence-corrected chi connectivity index (χ0v) is 21.8. The van der Waals surface area contributed by atoms with Crippen molar-refractivity contribution in [2.75, 3.05) is 5.32 Å². The van der Waals surface area contributed by atoms with E-state index in [2.05, 4.69) is 31.8 Å². The number of hydrogen-bond donors (Lipinski definition) is 2. The molecule has 4 aromatic rings. The van der Waals surface area contributed by atoms with Crippen LogP contribution in [0.4, 0.5) is 5.69 Å². The molecule has 2 N–H and O–H groups in total. The van der Waals surface area contributed by atoms with Gasteiger partial charge in [0.15, 0.2) is 0 Å². The number of hydrogen-bond acceptors (Lipinski definition) is 6. The molecular formula is C26H16BrCl2N3O5. The van der Waals surface area contributed by atoms with Crippen molar-refractivity contribution in [2.24, 2.45) is 5.10 Å². The molecule has 1 aromatic heterocycles. The summed E-state index contributed by atoms with van der Waals surface area (Å²) in [6.07, 6.45) is 2.70. The summed E-state index contributed by atoms with van der Waals surface area (Å²) in [5, 5.41) is 7.28. The first kappa shape index (κ1) is 26.2. The van der Waals surface area contributed by atoms with Crippen molar-refractivity contribution in [1.82, 2.24) is 5.43 Å². The molecule has 0 radical (unpaired) electrons. The SMILES string of the molecule is O=C(NN=Cc1cc(Br)ccc1OC(=O)c1ccco1)c1cccc(NC(=O)c2ccc(Cl)cc2Cl)c1. The number of furan rings is 1. The van der Waals surface area contributed by atoms with Crippen LogP contribution in [0.3, 0.4) is 0 Å². The first-order chi connectivity index (χ1) is 17.8. The highest BCUT2D eigenvalue weighted by molar-refractivity contribution is 9.10. The summed E-state index contributed by atoms with van der Waals surface area (Å²) in [5.41, 5.74) is 3.70. The highest BCUT2D eigenvalue weighted by atomic mass is 79.9. The fourth-order valence-corrected chi connectivity index (χ4v) is 3.97. The normalized spacial score (nSPS) is 10.8. The lowest BCUT2D eigenvalue weighted by atomic mass is 10.1. The Morgan fingerprint density at radius 1 is 0.946 bits per heavy atom. The van der Waals surface area contributed by atoms with E-state index in [1.54, 1.807) is 48.5 Å². The maximum atomic E-state index is 12.6. The van der Waals surface area contributed by atoms with Crippen LogP contribution in [0.15, 0.2) is 93.1 Å². The van der Waals surface area contributed by atoms with Crippen molar-refractivity contribution in [3.63, 3.8) is 0 Å². The van der Waals surface area contributed by atoms with Crippen LogP contribution in [-0.2, 0) is 0 Å². The van der Waals surface area contributed by atoms with Gasteiger partial charge in [0.1, 0.15) is 5.75 Å². The maximum absolute atomic E-state index is 12.6. The summed E-state index contributed by atoms with van der Waals surface area (Å²) < 4.78 is 11.1. The molecule has 0 bridgehead atoms. The van der Waals surface area contributed by atoms with Gasteiger partial charge in [0.25, 0.3) is 11.8 Å². The average Bonchev–Trinajstić information content (AvgIpc) is 3.41. The monoisotopic (exact) mass is 599 g/mol. The molecule has 3 aromatic carbocycles. The highest BCUT2D eigenvalue weighted by Gasteiger charge is 2.15. The van der Waals surface area contributed by atoms with Crippen LogP contribution < -0.4 is 15.5 Å². The highest BCUT2D eigenvalue weighted by Crippen LogP contribution is 2.24. The zero-order valence-electron chi connectivity index (χ0n) is 18.7. The molecule has 0 aliphatic carbocycles. The van der Waals surface area contributed by atoms with Crippen LogP contribution in [0, 0.1) is 0 Å². The number of carbonyl (C=O) groups excluding carboxylic acids is 3. The number of amides is 2. The van der Waals surface area contributed by atoms with Crippen molar-refractivity contribution < 1.29 is 23.5 Å². The van der Waals surface area contributed by atoms with Crippen molar-refractivity contribution >= 4 is 68.8 Å². The van der Waals surface area contributed by atoms with Gasteiger partial charge >= 0.3 is 5.97 Å². The standard InChI is InChI=1S/C26H16BrCl2N3O5/c27-17-6-9-22(37-26(35)23-5-2-10-36-23)16(11-17)14-30-32-24(33)15-3-1-4-19(12-15)31-25(34)20-8-7-18(28)13-21(20)29/h1-14H,(H,31,34)(H,32,33). The number of anilines is 1. The van der Waals surface area contributed by atoms with E-state index in [1.807, 2.05) is 0 Å². The fourth-order valence-electron chi connectivity index (χ4n) is 3.09. The van der Waals surface area contributed by atoms with E-state index in [9.17, 15) is 14.4 Å². The van der Waals surface area contributed by atoms with Gasteiger partial charge in [0.2, 0.25) is 5.76 Å². The molecule has 4 rings (SSSR count). The summed E-state index contributed by atoms with van der Waals surface area (Å²) >= 11 is 15.3. The smallest absolute Gasteiger partial charge is 0.379 e. The van der Waals surface area contributed by atoms with Gasteiger partial charge in [-0.1, -0.05) is 45.2 Å². The number of benzene rings is 3. The third-order valence-electron chi connectivity index (χ3n) is 4.82. The zero-order chi connectivity index (χ0) is 26.4. The summed E-state index contributed by atoms with van der Waals surface area (Å²) in [4.78, 5) is 37.4. The molecule has 0 saturated carbocycles. The van der Waals surface area contributed by atoms with Crippen LogP contribution in [0.1, 0.15) is 36.8 Å². The average molecular weight is 601 g/mol. The van der Waals surface area contributed by atoms with Gasteiger partial charge in [-0.05, 0) is 66.7 Å². The third kappa shape index (κ3) is 6.85. The summed E-state index contributed by atoms with van der Waals surface area (Å²) in [5.74, 6) is -1.40. The van der Waals surface area contributed by atoms with Gasteiger partial charge in [0.05, 0.1) is 23.1 Å². The fraction of sp³-hybridized carbons (Fsp3) is 0. The second-order valence-corrected chi connectivity index (χ2v) is 9.17. The Bertz CT molecular complexity index is 1510. The van der Waals surface area contributed by atoms with Crippen molar-refractivity contribution in [2.45, 2.75) is 0 Å². The van der Waals surface area contributed by atoms with Crippen LogP contribution >= 0.6 is 39.1 Å². The van der Waals surface area contributed by atoms with Crippen LogP contribution in [-0.4, -0.2) is 24.0 Å². The Kier molecular flexibility index (Phi) is 8.39. The summed E-state index contributed by atoms with van der Waals surface area (Å²) in [6.45, 7) is 0. The Balaban J connectivity index is 1.43. The molecule has 11 heteroatoms. The van der Waals surface area contributed by atoms with E-state index >= 15 is 0 Å². The number of ether oxygens (including phenoxy) is 1. The van der Waals surface area contributed by atoms with E-state index in [4.69, 9.17) is 32.4 Å². The summed E-state index contributed by atoms with van der Waals surface area (Å²) in [6, 6.07) is 18.8. The van der Waals surface area contributed by atoms with Gasteiger partial charge < -0.3 is 14.5 Å². The second kappa shape index (κ2) is 11.9. The van der Waals surface area contributed by atoms with Gasteiger partial charge in [-0.15, -0.1) is 0 Å². The molecule has 186 valence electrons. The minimum atomic E-state index is -0.676. The van der Waals surface area contributed by atoms with Crippen LogP contribution in [0.5, 0.6) is 5.75 Å². The number of halogens is 3. The lowest BCUT2D eigenvalue weighted by molar-refractivity contribution is 0.0700. The van der Waals surface area contributed by atoms with E-state index < -0.39 is 17.8 Å². The van der Waals surface area contributed by atoms with Crippen molar-refractivity contribution in [1.29, 1.82) is 0 Å². The Labute approximate surface area is 229 Å². The molecule has 0 aliphatic heterocycles. The van der Waals surface area contributed by atoms with Crippen LogP contribution in [0.25, 0.3) is 0 Å². The topological polar surface area (TPSA) is 110 Å². The number of carbonyl (C=O) groups is 3. The Morgan fingerprint density at radius 3 is 2.54 bits per heavy atom. The minimum Gasteiger partial charge on any atom is -0.457 e. The lowest BCUT2D eigenvalue weighted by Gasteiger charge is -2.09. The number of nitrogens with one attached hydrogen (secondary N) is 2. The molecule has 2 amide bonds. The van der Waals surface area contributed by atoms with E-state index in [1.165, 1.54) is 36.7 Å². The minimum absolute atomic E-state index is 0.0458. The molecule has 1 heterocycles. The van der Waals surface area contributed by atoms with Crippen LogP contribution in [0.2, 0.25) is 10.0 Å². The molecule has 37 heavy (non-hydrogen) atoms. The first-order valence-corrected chi connectivity index (χ1v) is 12.1. The predicted octanol–water partition coefficient (Wildman–Crippen LogP) is 6.58. The lowest BCUT2D eigenvalue weighted by Crippen LogP contribution is -2.18. The van der Waals surface area contributed by atoms with Gasteiger partial charge in [-0.3, -0.25) is 9.59 Å². The summed E-state index contributed by atoms with van der Waals surface area (Å²) in [7, 11) is 0. The van der Waals surface area contributed by atoms with Gasteiger partial charge in [-0.2, -0.15) is 5.10 Å². The molecule has 0 fully saturated rings.